The van der Waals surface area contributed by atoms with Crippen LogP contribution in [0.5, 0.6) is 0 Å². The van der Waals surface area contributed by atoms with Crippen molar-refractivity contribution in [2.24, 2.45) is 5.92 Å². The molecule has 15 heavy (non-hydrogen) atoms. The molecule has 1 nitrogen and oxygen atoms in total. The van der Waals surface area contributed by atoms with E-state index in [2.05, 4.69) is 5.32 Å². The summed E-state index contributed by atoms with van der Waals surface area (Å²) in [4.78, 5) is 0. The van der Waals surface area contributed by atoms with Crippen molar-refractivity contribution in [2.75, 3.05) is 13.1 Å². The molecule has 1 saturated heterocycles. The van der Waals surface area contributed by atoms with Crippen molar-refractivity contribution in [3.05, 3.63) is 34.1 Å². The van der Waals surface area contributed by atoms with Crippen LogP contribution in [0.1, 0.15) is 17.5 Å². The normalized spacial score (nSPS) is 20.9. The van der Waals surface area contributed by atoms with E-state index in [1.165, 1.54) is 18.1 Å². The largest absolute Gasteiger partial charge is 0.316 e. The van der Waals surface area contributed by atoms with Gasteiger partial charge >= 0.3 is 0 Å². The number of halogens is 2. The molecule has 1 N–H and O–H groups in total. The summed E-state index contributed by atoms with van der Waals surface area (Å²) in [5.41, 5.74) is 2.07. The lowest BCUT2D eigenvalue weighted by atomic mass is 9.95. The minimum atomic E-state index is -0.317. The summed E-state index contributed by atoms with van der Waals surface area (Å²) in [6.45, 7) is 4.05. The van der Waals surface area contributed by atoms with Gasteiger partial charge in [0.15, 0.2) is 0 Å². The first kappa shape index (κ1) is 10.9. The molecule has 1 unspecified atom stereocenters. The highest BCUT2D eigenvalue weighted by molar-refractivity contribution is 6.31. The Morgan fingerprint density at radius 2 is 2.33 bits per heavy atom. The van der Waals surface area contributed by atoms with Crippen LogP contribution in [0, 0.1) is 18.7 Å². The molecule has 0 radical (unpaired) electrons. The molecule has 1 fully saturated rings. The van der Waals surface area contributed by atoms with E-state index in [4.69, 9.17) is 11.6 Å². The highest BCUT2D eigenvalue weighted by Crippen LogP contribution is 2.25. The topological polar surface area (TPSA) is 12.0 Å². The molecule has 82 valence electrons. The van der Waals surface area contributed by atoms with Gasteiger partial charge in [-0.05, 0) is 56.0 Å². The fourth-order valence-electron chi connectivity index (χ4n) is 2.11. The molecule has 0 aromatic heterocycles. The van der Waals surface area contributed by atoms with Crippen LogP contribution in [0.3, 0.4) is 0 Å². The van der Waals surface area contributed by atoms with E-state index < -0.39 is 0 Å². The maximum Gasteiger partial charge on any atom is 0.142 e. The van der Waals surface area contributed by atoms with Crippen molar-refractivity contribution in [2.45, 2.75) is 19.8 Å². The zero-order chi connectivity index (χ0) is 10.8. The van der Waals surface area contributed by atoms with E-state index in [9.17, 15) is 4.39 Å². The first-order valence-corrected chi connectivity index (χ1v) is 5.70. The predicted molar refractivity (Wildman–Crippen MR) is 60.8 cm³/mol. The van der Waals surface area contributed by atoms with Crippen molar-refractivity contribution in [3.8, 4) is 0 Å². The zero-order valence-corrected chi connectivity index (χ0v) is 9.57. The van der Waals surface area contributed by atoms with Crippen LogP contribution < -0.4 is 5.32 Å². The zero-order valence-electron chi connectivity index (χ0n) is 8.82. The van der Waals surface area contributed by atoms with Crippen LogP contribution in [0.4, 0.5) is 4.39 Å². The molecule has 1 aliphatic heterocycles. The van der Waals surface area contributed by atoms with Crippen molar-refractivity contribution in [1.82, 2.24) is 5.32 Å². The number of benzene rings is 1. The standard InChI is InChI=1S/C12H15ClFN/c1-8-10(2-3-11(14)12(8)13)6-9-4-5-15-7-9/h2-3,9,15H,4-7H2,1H3. The molecule has 0 saturated carbocycles. The molecular formula is C12H15ClFN. The van der Waals surface area contributed by atoms with Gasteiger partial charge in [0.25, 0.3) is 0 Å². The van der Waals surface area contributed by atoms with Gasteiger partial charge in [0.2, 0.25) is 0 Å². The van der Waals surface area contributed by atoms with Crippen LogP contribution >= 0.6 is 11.6 Å². The van der Waals surface area contributed by atoms with E-state index in [0.717, 1.165) is 25.1 Å². The molecule has 2 rings (SSSR count). The summed E-state index contributed by atoms with van der Waals surface area (Å²) in [5, 5.41) is 3.61. The molecular weight excluding hydrogens is 213 g/mol. The molecule has 1 aromatic rings. The van der Waals surface area contributed by atoms with E-state index in [1.807, 2.05) is 13.0 Å². The highest BCUT2D eigenvalue weighted by atomic mass is 35.5. The molecule has 1 aromatic carbocycles. The maximum absolute atomic E-state index is 13.1. The second kappa shape index (κ2) is 4.50. The van der Waals surface area contributed by atoms with Crippen LogP contribution in [0.2, 0.25) is 5.02 Å². The lowest BCUT2D eigenvalue weighted by Crippen LogP contribution is -2.11. The molecule has 0 amide bonds. The molecule has 3 heteroatoms. The Labute approximate surface area is 94.6 Å². The van der Waals surface area contributed by atoms with Crippen LogP contribution in [0.15, 0.2) is 12.1 Å². The third kappa shape index (κ3) is 2.32. The highest BCUT2D eigenvalue weighted by Gasteiger charge is 2.17. The van der Waals surface area contributed by atoms with Crippen molar-refractivity contribution in [1.29, 1.82) is 0 Å². The molecule has 1 atom stereocenters. The average Bonchev–Trinajstić information content (AvgIpc) is 2.72. The van der Waals surface area contributed by atoms with Crippen molar-refractivity contribution < 1.29 is 4.39 Å². The second-order valence-electron chi connectivity index (χ2n) is 4.21. The Morgan fingerprint density at radius 3 is 3.00 bits per heavy atom. The molecule has 0 aliphatic carbocycles. The van der Waals surface area contributed by atoms with E-state index in [-0.39, 0.29) is 10.8 Å². The smallest absolute Gasteiger partial charge is 0.142 e. The molecule has 0 bridgehead atoms. The van der Waals surface area contributed by atoms with Gasteiger partial charge in [-0.3, -0.25) is 0 Å². The summed E-state index contributed by atoms with van der Waals surface area (Å²) >= 11 is 5.88. The lowest BCUT2D eigenvalue weighted by Gasteiger charge is -2.12. The number of nitrogens with one attached hydrogen (secondary N) is 1. The van der Waals surface area contributed by atoms with Crippen LogP contribution in [-0.2, 0) is 6.42 Å². The number of hydrogen-bond acceptors (Lipinski definition) is 1. The monoisotopic (exact) mass is 227 g/mol. The quantitative estimate of drug-likeness (QED) is 0.819. The van der Waals surface area contributed by atoms with Crippen LogP contribution in [-0.4, -0.2) is 13.1 Å². The van der Waals surface area contributed by atoms with Gasteiger partial charge < -0.3 is 5.32 Å². The number of rotatable bonds is 2. The Morgan fingerprint density at radius 1 is 1.53 bits per heavy atom. The van der Waals surface area contributed by atoms with Gasteiger partial charge in [0, 0.05) is 0 Å². The summed E-state index contributed by atoms with van der Waals surface area (Å²) in [7, 11) is 0. The maximum atomic E-state index is 13.1. The van der Waals surface area contributed by atoms with Crippen LogP contribution in [0.25, 0.3) is 0 Å². The fraction of sp³-hybridized carbons (Fsp3) is 0.500. The Bertz CT molecular complexity index is 359. The first-order chi connectivity index (χ1) is 7.18. The van der Waals surface area contributed by atoms with Crippen molar-refractivity contribution in [3.63, 3.8) is 0 Å². The number of hydrogen-bond donors (Lipinski definition) is 1. The molecule has 1 heterocycles. The predicted octanol–water partition coefficient (Wildman–Crippen LogP) is 2.94. The Kier molecular flexibility index (Phi) is 3.27. The van der Waals surface area contributed by atoms with Gasteiger partial charge in [0.05, 0.1) is 5.02 Å². The van der Waals surface area contributed by atoms with Gasteiger partial charge in [-0.15, -0.1) is 0 Å². The summed E-state index contributed by atoms with van der Waals surface area (Å²) < 4.78 is 13.1. The minimum absolute atomic E-state index is 0.276. The second-order valence-corrected chi connectivity index (χ2v) is 4.59. The van der Waals surface area contributed by atoms with Gasteiger partial charge in [-0.25, -0.2) is 4.39 Å². The van der Waals surface area contributed by atoms with Gasteiger partial charge in [-0.1, -0.05) is 17.7 Å². The first-order valence-electron chi connectivity index (χ1n) is 5.32. The van der Waals surface area contributed by atoms with Crippen molar-refractivity contribution >= 4 is 11.6 Å². The fourth-order valence-corrected chi connectivity index (χ4v) is 2.30. The molecule has 0 spiro atoms. The average molecular weight is 228 g/mol. The SMILES string of the molecule is Cc1c(CC2CCNC2)ccc(F)c1Cl. The van der Waals surface area contributed by atoms with E-state index in [0.29, 0.717) is 5.92 Å². The van der Waals surface area contributed by atoms with Gasteiger partial charge in [-0.2, -0.15) is 0 Å². The van der Waals surface area contributed by atoms with E-state index >= 15 is 0 Å². The minimum Gasteiger partial charge on any atom is -0.316 e. The Balaban J connectivity index is 2.17. The molecule has 1 aliphatic rings. The van der Waals surface area contributed by atoms with E-state index in [1.54, 1.807) is 0 Å². The Hall–Kier alpha value is -0.600. The third-order valence-corrected chi connectivity index (χ3v) is 3.59. The summed E-state index contributed by atoms with van der Waals surface area (Å²) in [5.74, 6) is 0.354. The lowest BCUT2D eigenvalue weighted by molar-refractivity contribution is 0.575. The summed E-state index contributed by atoms with van der Waals surface area (Å²) in [6.07, 6.45) is 2.20. The van der Waals surface area contributed by atoms with Gasteiger partial charge in [0.1, 0.15) is 5.82 Å². The third-order valence-electron chi connectivity index (χ3n) is 3.12. The summed E-state index contributed by atoms with van der Waals surface area (Å²) in [6, 6.07) is 3.32.